The Balaban J connectivity index is 1.75. The van der Waals surface area contributed by atoms with Gasteiger partial charge >= 0.3 is 0 Å². The van der Waals surface area contributed by atoms with E-state index in [-0.39, 0.29) is 17.5 Å². The lowest BCUT2D eigenvalue weighted by Crippen LogP contribution is -2.01. The van der Waals surface area contributed by atoms with Crippen molar-refractivity contribution >= 4 is 23.7 Å². The monoisotopic (exact) mass is 449 g/mol. The summed E-state index contributed by atoms with van der Waals surface area (Å²) in [4.78, 5) is 10.3. The Kier molecular flexibility index (Phi) is 7.13. The minimum Gasteiger partial charge on any atom is -0.493 e. The molecule has 0 unspecified atom stereocenters. The summed E-state index contributed by atoms with van der Waals surface area (Å²) in [6.45, 7) is 0.178. The molecule has 0 fully saturated rings. The third-order valence-corrected chi connectivity index (χ3v) is 4.69. The first kappa shape index (κ1) is 22.2. The number of methoxy groups -OCH3 is 1. The third kappa shape index (κ3) is 5.34. The summed E-state index contributed by atoms with van der Waals surface area (Å²) in [6, 6.07) is 11.0. The van der Waals surface area contributed by atoms with Gasteiger partial charge in [-0.15, -0.1) is 10.2 Å². The molecular weight excluding hydrogens is 432 g/mol. The number of nitro groups is 1. The number of benzene rings is 2. The SMILES string of the molecule is COc1cc(C=Nn2c(SC)nnc2C(F)F)ccc1OCc1ccc([N+](=O)[O-])cc1. The van der Waals surface area contributed by atoms with Gasteiger partial charge in [0.15, 0.2) is 11.5 Å². The number of non-ortho nitro benzene ring substituents is 1. The molecule has 12 heteroatoms. The molecule has 0 radical (unpaired) electrons. The summed E-state index contributed by atoms with van der Waals surface area (Å²) in [5.74, 6) is 0.310. The molecule has 0 atom stereocenters. The van der Waals surface area contributed by atoms with Gasteiger partial charge in [0.1, 0.15) is 6.61 Å². The van der Waals surface area contributed by atoms with Crippen molar-refractivity contribution in [3.63, 3.8) is 0 Å². The van der Waals surface area contributed by atoms with E-state index in [1.165, 1.54) is 25.5 Å². The van der Waals surface area contributed by atoms with Crippen LogP contribution in [0.1, 0.15) is 23.4 Å². The topological polar surface area (TPSA) is 105 Å². The molecule has 0 aliphatic rings. The molecule has 1 aromatic heterocycles. The molecule has 0 spiro atoms. The molecule has 31 heavy (non-hydrogen) atoms. The van der Waals surface area contributed by atoms with Crippen LogP contribution in [0.2, 0.25) is 0 Å². The fourth-order valence-corrected chi connectivity index (χ4v) is 2.97. The van der Waals surface area contributed by atoms with E-state index in [4.69, 9.17) is 9.47 Å². The van der Waals surface area contributed by atoms with Crippen molar-refractivity contribution in [3.8, 4) is 11.5 Å². The number of alkyl halides is 2. The summed E-state index contributed by atoms with van der Waals surface area (Å²) >= 11 is 1.15. The Labute approximate surface area is 179 Å². The Morgan fingerprint density at radius 3 is 2.58 bits per heavy atom. The largest absolute Gasteiger partial charge is 0.493 e. The highest BCUT2D eigenvalue weighted by molar-refractivity contribution is 7.98. The summed E-state index contributed by atoms with van der Waals surface area (Å²) in [7, 11) is 1.47. The first-order valence-electron chi connectivity index (χ1n) is 8.79. The first-order chi connectivity index (χ1) is 14.9. The molecule has 0 aliphatic carbocycles. The number of ether oxygens (including phenoxy) is 2. The highest BCUT2D eigenvalue weighted by Gasteiger charge is 2.19. The van der Waals surface area contributed by atoms with Gasteiger partial charge in [0.2, 0.25) is 11.0 Å². The summed E-state index contributed by atoms with van der Waals surface area (Å²) < 4.78 is 38.2. The van der Waals surface area contributed by atoms with E-state index in [0.29, 0.717) is 17.1 Å². The van der Waals surface area contributed by atoms with Gasteiger partial charge in [-0.25, -0.2) is 8.78 Å². The third-order valence-electron chi connectivity index (χ3n) is 4.07. The maximum absolute atomic E-state index is 13.1. The van der Waals surface area contributed by atoms with Crippen LogP contribution in [0.3, 0.4) is 0 Å². The highest BCUT2D eigenvalue weighted by Crippen LogP contribution is 2.29. The van der Waals surface area contributed by atoms with E-state index in [2.05, 4.69) is 15.3 Å². The normalized spacial score (nSPS) is 11.3. The fraction of sp³-hybridized carbons (Fsp3) is 0.211. The summed E-state index contributed by atoms with van der Waals surface area (Å²) in [5.41, 5.74) is 1.33. The molecule has 3 aromatic rings. The van der Waals surface area contributed by atoms with Crippen LogP contribution in [0.15, 0.2) is 52.7 Å². The predicted octanol–water partition coefficient (Wildman–Crippen LogP) is 4.32. The van der Waals surface area contributed by atoms with Crippen LogP contribution in [0, 0.1) is 10.1 Å². The van der Waals surface area contributed by atoms with Gasteiger partial charge in [0.25, 0.3) is 12.1 Å². The Morgan fingerprint density at radius 2 is 1.97 bits per heavy atom. The Morgan fingerprint density at radius 1 is 1.23 bits per heavy atom. The van der Waals surface area contributed by atoms with Gasteiger partial charge in [-0.3, -0.25) is 10.1 Å². The lowest BCUT2D eigenvalue weighted by atomic mass is 10.2. The number of hydrogen-bond donors (Lipinski definition) is 0. The molecule has 0 bridgehead atoms. The number of rotatable bonds is 9. The molecule has 1 heterocycles. The maximum atomic E-state index is 13.1. The maximum Gasteiger partial charge on any atom is 0.299 e. The van der Waals surface area contributed by atoms with Crippen molar-refractivity contribution in [2.75, 3.05) is 13.4 Å². The zero-order valence-corrected chi connectivity index (χ0v) is 17.3. The number of hydrogen-bond acceptors (Lipinski definition) is 8. The van der Waals surface area contributed by atoms with Crippen molar-refractivity contribution in [1.82, 2.24) is 14.9 Å². The Bertz CT molecular complexity index is 1090. The van der Waals surface area contributed by atoms with Crippen molar-refractivity contribution in [2.45, 2.75) is 18.2 Å². The van der Waals surface area contributed by atoms with Crippen LogP contribution in [-0.4, -0.2) is 39.4 Å². The average Bonchev–Trinajstić information content (AvgIpc) is 3.20. The highest BCUT2D eigenvalue weighted by atomic mass is 32.2. The minimum absolute atomic E-state index is 0.00214. The molecule has 0 saturated heterocycles. The lowest BCUT2D eigenvalue weighted by molar-refractivity contribution is -0.384. The summed E-state index contributed by atoms with van der Waals surface area (Å²) in [5, 5.41) is 22.2. The molecular formula is C19H17F2N5O4S. The van der Waals surface area contributed by atoms with Crippen LogP contribution in [0.25, 0.3) is 0 Å². The van der Waals surface area contributed by atoms with Crippen LogP contribution < -0.4 is 9.47 Å². The van der Waals surface area contributed by atoms with Crippen molar-refractivity contribution < 1.29 is 23.2 Å². The van der Waals surface area contributed by atoms with Gasteiger partial charge in [-0.05, 0) is 47.7 Å². The van der Waals surface area contributed by atoms with Gasteiger partial charge in [-0.2, -0.15) is 9.78 Å². The molecule has 3 rings (SSSR count). The van der Waals surface area contributed by atoms with Crippen molar-refractivity contribution in [2.24, 2.45) is 5.10 Å². The molecule has 0 aliphatic heterocycles. The van der Waals surface area contributed by atoms with Crippen molar-refractivity contribution in [3.05, 3.63) is 69.5 Å². The van der Waals surface area contributed by atoms with Gasteiger partial charge < -0.3 is 9.47 Å². The second-order valence-corrected chi connectivity index (χ2v) is 6.80. The van der Waals surface area contributed by atoms with E-state index in [1.807, 2.05) is 0 Å². The average molecular weight is 449 g/mol. The zero-order chi connectivity index (χ0) is 22.4. The van der Waals surface area contributed by atoms with E-state index in [9.17, 15) is 18.9 Å². The number of aromatic nitrogens is 3. The molecule has 0 amide bonds. The van der Waals surface area contributed by atoms with Crippen LogP contribution in [-0.2, 0) is 6.61 Å². The van der Waals surface area contributed by atoms with Gasteiger partial charge in [0.05, 0.1) is 18.2 Å². The fourth-order valence-electron chi connectivity index (χ4n) is 2.53. The van der Waals surface area contributed by atoms with Crippen LogP contribution >= 0.6 is 11.8 Å². The quantitative estimate of drug-likeness (QED) is 0.207. The molecule has 2 aromatic carbocycles. The predicted molar refractivity (Wildman–Crippen MR) is 110 cm³/mol. The number of nitrogens with zero attached hydrogens (tertiary/aromatic N) is 5. The van der Waals surface area contributed by atoms with E-state index >= 15 is 0 Å². The molecule has 0 saturated carbocycles. The molecule has 162 valence electrons. The van der Waals surface area contributed by atoms with Crippen LogP contribution in [0.5, 0.6) is 11.5 Å². The van der Waals surface area contributed by atoms with Crippen molar-refractivity contribution in [1.29, 1.82) is 0 Å². The van der Waals surface area contributed by atoms with E-state index in [1.54, 1.807) is 36.6 Å². The molecule has 9 nitrogen and oxygen atoms in total. The lowest BCUT2D eigenvalue weighted by Gasteiger charge is -2.11. The number of nitro benzene ring substituents is 1. The number of thioether (sulfide) groups is 1. The van der Waals surface area contributed by atoms with Gasteiger partial charge in [0, 0.05) is 12.1 Å². The van der Waals surface area contributed by atoms with Crippen LogP contribution in [0.4, 0.5) is 14.5 Å². The van der Waals surface area contributed by atoms with Gasteiger partial charge in [-0.1, -0.05) is 11.8 Å². The molecule has 0 N–H and O–H groups in total. The summed E-state index contributed by atoms with van der Waals surface area (Å²) in [6.07, 6.45) is 0.262. The Hall–Kier alpha value is -3.54. The number of halogens is 2. The second-order valence-electron chi connectivity index (χ2n) is 6.02. The minimum atomic E-state index is -2.81. The standard InChI is InChI=1S/C19H17F2N5O4S/c1-29-16-9-13(10-22-25-18(17(20)21)23-24-19(25)31-2)5-8-15(16)30-11-12-3-6-14(7-4-12)26(27)28/h3-10,17H,11H2,1-2H3. The van der Waals surface area contributed by atoms with E-state index < -0.39 is 17.2 Å². The second kappa shape index (κ2) is 9.98. The zero-order valence-electron chi connectivity index (χ0n) is 16.4. The first-order valence-corrected chi connectivity index (χ1v) is 10.0. The smallest absolute Gasteiger partial charge is 0.299 e. The van der Waals surface area contributed by atoms with E-state index in [0.717, 1.165) is 22.0 Å².